The third-order valence-corrected chi connectivity index (χ3v) is 3.11. The molecular weight excluding hydrogens is 292 g/mol. The Balaban J connectivity index is 1.73. The summed E-state index contributed by atoms with van der Waals surface area (Å²) in [6, 6.07) is 15.0. The maximum absolute atomic E-state index is 11.7. The number of hydrogen-bond acceptors (Lipinski definition) is 3. The van der Waals surface area contributed by atoms with Crippen LogP contribution >= 0.6 is 0 Å². The van der Waals surface area contributed by atoms with Crippen molar-refractivity contribution in [3.05, 3.63) is 65.2 Å². The lowest BCUT2D eigenvalue weighted by molar-refractivity contribution is -0.129. The van der Waals surface area contributed by atoms with Crippen LogP contribution in [0.4, 0.5) is 0 Å². The van der Waals surface area contributed by atoms with E-state index in [0.29, 0.717) is 5.75 Å². The van der Waals surface area contributed by atoms with Crippen molar-refractivity contribution >= 4 is 11.8 Å². The molecule has 0 radical (unpaired) electrons. The molecule has 0 saturated heterocycles. The van der Waals surface area contributed by atoms with Gasteiger partial charge in [-0.3, -0.25) is 20.4 Å². The largest absolute Gasteiger partial charge is 0.484 e. The molecule has 0 bridgehead atoms. The van der Waals surface area contributed by atoms with Gasteiger partial charge < -0.3 is 4.74 Å². The van der Waals surface area contributed by atoms with E-state index in [1.165, 1.54) is 0 Å². The minimum atomic E-state index is -0.412. The molecular formula is C18H20N2O3. The van der Waals surface area contributed by atoms with Crippen molar-refractivity contribution in [1.29, 1.82) is 0 Å². The Morgan fingerprint density at radius 3 is 2.17 bits per heavy atom. The summed E-state index contributed by atoms with van der Waals surface area (Å²) in [7, 11) is 0. The third-order valence-electron chi connectivity index (χ3n) is 3.11. The van der Waals surface area contributed by atoms with Crippen LogP contribution in [0.25, 0.3) is 0 Å². The molecule has 0 unspecified atom stereocenters. The Hall–Kier alpha value is -2.82. The summed E-state index contributed by atoms with van der Waals surface area (Å²) in [5, 5.41) is 0. The zero-order chi connectivity index (χ0) is 16.7. The predicted octanol–water partition coefficient (Wildman–Crippen LogP) is 2.07. The summed E-state index contributed by atoms with van der Waals surface area (Å²) in [6.45, 7) is 3.77. The molecule has 0 fully saturated rings. The van der Waals surface area contributed by atoms with Crippen molar-refractivity contribution in [3.63, 3.8) is 0 Å². The Morgan fingerprint density at radius 1 is 0.913 bits per heavy atom. The van der Waals surface area contributed by atoms with E-state index in [4.69, 9.17) is 4.74 Å². The van der Waals surface area contributed by atoms with Crippen molar-refractivity contribution < 1.29 is 14.3 Å². The predicted molar refractivity (Wildman–Crippen MR) is 87.8 cm³/mol. The summed E-state index contributed by atoms with van der Waals surface area (Å²) < 4.78 is 5.42. The molecule has 0 saturated carbocycles. The molecule has 120 valence electrons. The zero-order valence-electron chi connectivity index (χ0n) is 13.3. The minimum absolute atomic E-state index is 0.158. The number of carbonyl (C=O) groups excluding carboxylic acids is 2. The van der Waals surface area contributed by atoms with E-state index < -0.39 is 5.91 Å². The first-order valence-corrected chi connectivity index (χ1v) is 7.35. The van der Waals surface area contributed by atoms with Gasteiger partial charge in [0.15, 0.2) is 6.61 Å². The van der Waals surface area contributed by atoms with Crippen LogP contribution < -0.4 is 15.6 Å². The number of aryl methyl sites for hydroxylation is 2. The SMILES string of the molecule is Cc1cc(C)cc(OCC(=O)NNC(=O)Cc2ccccc2)c1. The van der Waals surface area contributed by atoms with Gasteiger partial charge in [0.1, 0.15) is 5.75 Å². The summed E-state index contributed by atoms with van der Waals surface area (Å²) in [5.74, 6) is -0.0604. The highest BCUT2D eigenvalue weighted by Crippen LogP contribution is 2.15. The van der Waals surface area contributed by atoms with Crippen LogP contribution in [0, 0.1) is 13.8 Å². The topological polar surface area (TPSA) is 67.4 Å². The van der Waals surface area contributed by atoms with E-state index in [-0.39, 0.29) is 18.9 Å². The minimum Gasteiger partial charge on any atom is -0.484 e. The molecule has 23 heavy (non-hydrogen) atoms. The first-order chi connectivity index (χ1) is 11.0. The van der Waals surface area contributed by atoms with Gasteiger partial charge in [0.25, 0.3) is 5.91 Å². The van der Waals surface area contributed by atoms with Crippen LogP contribution in [-0.2, 0) is 16.0 Å². The van der Waals surface area contributed by atoms with E-state index in [2.05, 4.69) is 10.9 Å². The lowest BCUT2D eigenvalue weighted by atomic mass is 10.1. The Labute approximate surface area is 135 Å². The van der Waals surface area contributed by atoms with Crippen molar-refractivity contribution in [2.75, 3.05) is 6.61 Å². The standard InChI is InChI=1S/C18H20N2O3/c1-13-8-14(2)10-16(9-13)23-12-18(22)20-19-17(21)11-15-6-4-3-5-7-15/h3-10H,11-12H2,1-2H3,(H,19,21)(H,20,22). The van der Waals surface area contributed by atoms with Crippen molar-refractivity contribution in [2.45, 2.75) is 20.3 Å². The van der Waals surface area contributed by atoms with Crippen LogP contribution in [0.5, 0.6) is 5.75 Å². The molecule has 0 atom stereocenters. The fourth-order valence-electron chi connectivity index (χ4n) is 2.17. The van der Waals surface area contributed by atoms with Gasteiger partial charge in [0.05, 0.1) is 6.42 Å². The van der Waals surface area contributed by atoms with Crippen LogP contribution in [0.15, 0.2) is 48.5 Å². The number of rotatable bonds is 5. The van der Waals surface area contributed by atoms with Crippen LogP contribution in [0.2, 0.25) is 0 Å². The maximum atomic E-state index is 11.7. The van der Waals surface area contributed by atoms with Crippen molar-refractivity contribution in [2.24, 2.45) is 0 Å². The number of carbonyl (C=O) groups is 2. The van der Waals surface area contributed by atoms with Crippen molar-refractivity contribution in [3.8, 4) is 5.75 Å². The molecule has 0 heterocycles. The highest BCUT2D eigenvalue weighted by molar-refractivity contribution is 5.83. The normalized spacial score (nSPS) is 10.0. The molecule has 0 aliphatic carbocycles. The second kappa shape index (κ2) is 7.98. The maximum Gasteiger partial charge on any atom is 0.276 e. The average molecular weight is 312 g/mol. The molecule has 2 aromatic carbocycles. The van der Waals surface area contributed by atoms with Crippen LogP contribution in [0.1, 0.15) is 16.7 Å². The first kappa shape index (κ1) is 16.5. The number of amides is 2. The fraction of sp³-hybridized carbons (Fsp3) is 0.222. The molecule has 0 spiro atoms. The monoisotopic (exact) mass is 312 g/mol. The highest BCUT2D eigenvalue weighted by Gasteiger charge is 2.07. The zero-order valence-corrected chi connectivity index (χ0v) is 13.3. The van der Waals surface area contributed by atoms with Gasteiger partial charge in [0.2, 0.25) is 5.91 Å². The van der Waals surface area contributed by atoms with Gasteiger partial charge in [-0.05, 0) is 42.7 Å². The molecule has 2 rings (SSSR count). The van der Waals surface area contributed by atoms with Crippen LogP contribution in [-0.4, -0.2) is 18.4 Å². The Kier molecular flexibility index (Phi) is 5.74. The second-order valence-electron chi connectivity index (χ2n) is 5.37. The number of ether oxygens (including phenoxy) is 1. The van der Waals surface area contributed by atoms with E-state index in [1.807, 2.05) is 62.4 Å². The molecule has 5 heteroatoms. The Bertz CT molecular complexity index is 664. The molecule has 2 amide bonds. The van der Waals surface area contributed by atoms with Crippen molar-refractivity contribution in [1.82, 2.24) is 10.9 Å². The van der Waals surface area contributed by atoms with Gasteiger partial charge in [-0.1, -0.05) is 36.4 Å². The lowest BCUT2D eigenvalue weighted by Crippen LogP contribution is -2.44. The number of hydrogen-bond donors (Lipinski definition) is 2. The number of nitrogens with one attached hydrogen (secondary N) is 2. The van der Waals surface area contributed by atoms with Gasteiger partial charge in [-0.2, -0.15) is 0 Å². The van der Waals surface area contributed by atoms with Gasteiger partial charge >= 0.3 is 0 Å². The first-order valence-electron chi connectivity index (χ1n) is 7.35. The van der Waals surface area contributed by atoms with Gasteiger partial charge in [0, 0.05) is 0 Å². The third kappa shape index (κ3) is 5.82. The Morgan fingerprint density at radius 2 is 1.52 bits per heavy atom. The lowest BCUT2D eigenvalue weighted by Gasteiger charge is -2.10. The van der Waals surface area contributed by atoms with Gasteiger partial charge in [-0.15, -0.1) is 0 Å². The molecule has 0 aromatic heterocycles. The summed E-state index contributed by atoms with van der Waals surface area (Å²) in [4.78, 5) is 23.4. The van der Waals surface area contributed by atoms with E-state index in [1.54, 1.807) is 0 Å². The van der Waals surface area contributed by atoms with E-state index >= 15 is 0 Å². The quantitative estimate of drug-likeness (QED) is 0.831. The fourth-order valence-corrected chi connectivity index (χ4v) is 2.17. The molecule has 2 N–H and O–H groups in total. The van der Waals surface area contributed by atoms with Gasteiger partial charge in [-0.25, -0.2) is 0 Å². The van der Waals surface area contributed by atoms with E-state index in [9.17, 15) is 9.59 Å². The summed E-state index contributed by atoms with van der Waals surface area (Å²) in [5.41, 5.74) is 7.72. The smallest absolute Gasteiger partial charge is 0.276 e. The van der Waals surface area contributed by atoms with E-state index in [0.717, 1.165) is 16.7 Å². The second-order valence-corrected chi connectivity index (χ2v) is 5.37. The summed E-state index contributed by atoms with van der Waals surface area (Å²) >= 11 is 0. The average Bonchev–Trinajstić information content (AvgIpc) is 2.51. The number of hydrazine groups is 1. The molecule has 0 aliphatic rings. The molecule has 2 aromatic rings. The molecule has 5 nitrogen and oxygen atoms in total. The molecule has 0 aliphatic heterocycles. The van der Waals surface area contributed by atoms with Crippen LogP contribution in [0.3, 0.4) is 0 Å². The summed E-state index contributed by atoms with van der Waals surface area (Å²) in [6.07, 6.45) is 0.207. The highest BCUT2D eigenvalue weighted by atomic mass is 16.5. The number of benzene rings is 2.